The molecule has 0 saturated carbocycles. The molecule has 48 heavy (non-hydrogen) atoms. The number of benzene rings is 3. The number of fused-ring (bicyclic) bond motifs is 1. The fourth-order valence-corrected chi connectivity index (χ4v) is 6.09. The van der Waals surface area contributed by atoms with Gasteiger partial charge in [0.1, 0.15) is 24.5 Å². The third-order valence-electron chi connectivity index (χ3n) is 8.59. The molecule has 0 bridgehead atoms. The van der Waals surface area contributed by atoms with E-state index < -0.39 is 5.60 Å². The van der Waals surface area contributed by atoms with Crippen LogP contribution in [-0.2, 0) is 25.0 Å². The monoisotopic (exact) mass is 649 g/mol. The van der Waals surface area contributed by atoms with Crippen molar-refractivity contribution in [2.75, 3.05) is 25.0 Å². The van der Waals surface area contributed by atoms with Crippen LogP contribution in [0.1, 0.15) is 44.7 Å². The number of piperidine rings is 1. The summed E-state index contributed by atoms with van der Waals surface area (Å²) < 4.78 is 21.3. The molecule has 250 valence electrons. The van der Waals surface area contributed by atoms with Crippen LogP contribution in [0.3, 0.4) is 0 Å². The molecule has 0 aliphatic carbocycles. The molecule has 0 spiro atoms. The third kappa shape index (κ3) is 7.17. The second kappa shape index (κ2) is 13.9. The second-order valence-corrected chi connectivity index (χ2v) is 13.2. The highest BCUT2D eigenvalue weighted by atomic mass is 16.6. The van der Waals surface area contributed by atoms with E-state index in [0.717, 1.165) is 53.8 Å². The lowest BCUT2D eigenvalue weighted by atomic mass is 10.0. The summed E-state index contributed by atoms with van der Waals surface area (Å²) in [4.78, 5) is 35.5. The van der Waals surface area contributed by atoms with Crippen molar-refractivity contribution in [3.05, 3.63) is 113 Å². The van der Waals surface area contributed by atoms with Crippen molar-refractivity contribution >= 4 is 22.8 Å². The van der Waals surface area contributed by atoms with Gasteiger partial charge in [0.2, 0.25) is 11.8 Å². The Labute approximate surface area is 281 Å². The van der Waals surface area contributed by atoms with Crippen LogP contribution < -0.4 is 20.1 Å². The number of hydrogen-bond donors (Lipinski definition) is 0. The van der Waals surface area contributed by atoms with Gasteiger partial charge in [-0.25, -0.2) is 9.59 Å². The Morgan fingerprint density at radius 2 is 1.46 bits per heavy atom. The van der Waals surface area contributed by atoms with Gasteiger partial charge in [0.25, 0.3) is 0 Å². The van der Waals surface area contributed by atoms with Crippen LogP contribution in [0.2, 0.25) is 0 Å². The number of para-hydroxylation sites is 1. The molecule has 6 rings (SSSR count). The second-order valence-electron chi connectivity index (χ2n) is 13.2. The lowest BCUT2D eigenvalue weighted by Crippen LogP contribution is -2.47. The van der Waals surface area contributed by atoms with E-state index in [4.69, 9.17) is 19.2 Å². The number of ether oxygens (including phenoxy) is 3. The van der Waals surface area contributed by atoms with Gasteiger partial charge in [0.05, 0.1) is 16.7 Å². The van der Waals surface area contributed by atoms with E-state index in [9.17, 15) is 9.59 Å². The van der Waals surface area contributed by atoms with Gasteiger partial charge in [0, 0.05) is 39.3 Å². The third-order valence-corrected chi connectivity index (χ3v) is 8.59. The highest BCUT2D eigenvalue weighted by Crippen LogP contribution is 2.33. The topological polar surface area (TPSA) is 91.1 Å². The number of nitrogens with zero attached hydrogens (tertiary/aromatic N) is 5. The van der Waals surface area contributed by atoms with Gasteiger partial charge in [0.15, 0.2) is 0 Å². The largest absolute Gasteiger partial charge is 0.473 e. The minimum Gasteiger partial charge on any atom is -0.473 e. The number of aryl methyl sites for hydroxylation is 1. The number of rotatable bonds is 9. The van der Waals surface area contributed by atoms with Crippen LogP contribution in [-0.4, -0.2) is 56.9 Å². The molecule has 2 aromatic heterocycles. The van der Waals surface area contributed by atoms with E-state index >= 15 is 0 Å². The molecule has 0 atom stereocenters. The summed E-state index contributed by atoms with van der Waals surface area (Å²) in [6.07, 6.45) is 1.26. The van der Waals surface area contributed by atoms with Crippen LogP contribution in [0.4, 0.5) is 10.5 Å². The normalized spacial score (nSPS) is 13.8. The zero-order valence-electron chi connectivity index (χ0n) is 28.3. The highest BCUT2D eigenvalue weighted by molar-refractivity contribution is 5.91. The molecule has 1 aliphatic rings. The van der Waals surface area contributed by atoms with E-state index in [0.29, 0.717) is 24.1 Å². The summed E-state index contributed by atoms with van der Waals surface area (Å²) in [6.45, 7) is 7.73. The van der Waals surface area contributed by atoms with Gasteiger partial charge >= 0.3 is 11.8 Å². The standard InChI is InChI=1S/C38H43N5O5/c1-38(2,3)48-37(45)40(4)29-21-23-42(24-22-29)30-17-12-18-31-34(30)41(5)36(44)43(31)32-19-20-33(46-25-27-13-8-6-9-14-27)39-35(32)47-26-28-15-10-7-11-16-28/h6-20,29H,21-26H2,1-5H3. The number of imidazole rings is 1. The van der Waals surface area contributed by atoms with Crippen molar-refractivity contribution in [2.24, 2.45) is 7.05 Å². The molecule has 0 unspecified atom stereocenters. The van der Waals surface area contributed by atoms with Crippen molar-refractivity contribution in [1.29, 1.82) is 0 Å². The molecular formula is C38H43N5O5. The van der Waals surface area contributed by atoms with Crippen LogP contribution in [0.5, 0.6) is 11.8 Å². The summed E-state index contributed by atoms with van der Waals surface area (Å²) in [6, 6.07) is 29.4. The van der Waals surface area contributed by atoms with Crippen LogP contribution in [0, 0.1) is 0 Å². The highest BCUT2D eigenvalue weighted by Gasteiger charge is 2.30. The SMILES string of the molecule is CN(C(=O)OC(C)(C)C)C1CCN(c2cccc3c2n(C)c(=O)n3-c2ccc(OCc3ccccc3)nc2OCc2ccccc2)CC1. The first-order valence-corrected chi connectivity index (χ1v) is 16.3. The van der Waals surface area contributed by atoms with E-state index in [1.807, 2.05) is 107 Å². The number of hydrogen-bond acceptors (Lipinski definition) is 7. The molecule has 1 fully saturated rings. The zero-order chi connectivity index (χ0) is 33.8. The predicted molar refractivity (Wildman–Crippen MR) is 187 cm³/mol. The van der Waals surface area contributed by atoms with E-state index in [1.165, 1.54) is 0 Å². The first-order valence-electron chi connectivity index (χ1n) is 16.3. The Morgan fingerprint density at radius 3 is 2.08 bits per heavy atom. The number of carbonyl (C=O) groups excluding carboxylic acids is 1. The Kier molecular flexibility index (Phi) is 9.43. The maximum Gasteiger partial charge on any atom is 0.410 e. The lowest BCUT2D eigenvalue weighted by Gasteiger charge is -2.38. The minimum absolute atomic E-state index is 0.0711. The smallest absolute Gasteiger partial charge is 0.410 e. The molecule has 10 heteroatoms. The zero-order valence-corrected chi connectivity index (χ0v) is 28.3. The van der Waals surface area contributed by atoms with Gasteiger partial charge in [-0.3, -0.25) is 9.13 Å². The summed E-state index contributed by atoms with van der Waals surface area (Å²) in [5.74, 6) is 0.703. The molecule has 10 nitrogen and oxygen atoms in total. The molecule has 0 radical (unpaired) electrons. The van der Waals surface area contributed by atoms with Gasteiger partial charge in [-0.2, -0.15) is 4.98 Å². The minimum atomic E-state index is -0.545. The number of anilines is 1. The van der Waals surface area contributed by atoms with Crippen molar-refractivity contribution in [3.63, 3.8) is 0 Å². The maximum absolute atomic E-state index is 14.0. The van der Waals surface area contributed by atoms with E-state index in [2.05, 4.69) is 11.0 Å². The first-order chi connectivity index (χ1) is 23.1. The predicted octanol–water partition coefficient (Wildman–Crippen LogP) is 6.72. The molecule has 1 saturated heterocycles. The first kappa shape index (κ1) is 32.7. The average molecular weight is 650 g/mol. The lowest BCUT2D eigenvalue weighted by molar-refractivity contribution is 0.0201. The summed E-state index contributed by atoms with van der Waals surface area (Å²) >= 11 is 0. The van der Waals surface area contributed by atoms with Gasteiger partial charge < -0.3 is 24.0 Å². The van der Waals surface area contributed by atoms with E-state index in [-0.39, 0.29) is 24.4 Å². The Bertz CT molecular complexity index is 1920. The molecule has 0 N–H and O–H groups in total. The van der Waals surface area contributed by atoms with Gasteiger partial charge in [-0.05, 0) is 62.9 Å². The Balaban J connectivity index is 1.30. The number of aromatic nitrogens is 3. The molecule has 1 aliphatic heterocycles. The fraction of sp³-hybridized carbons (Fsp3) is 0.342. The number of carbonyl (C=O) groups is 1. The molecule has 3 heterocycles. The molecule has 1 amide bonds. The Morgan fingerprint density at radius 1 is 0.833 bits per heavy atom. The van der Waals surface area contributed by atoms with Crippen molar-refractivity contribution < 1.29 is 19.0 Å². The average Bonchev–Trinajstić information content (AvgIpc) is 3.35. The van der Waals surface area contributed by atoms with Crippen molar-refractivity contribution in [1.82, 2.24) is 19.0 Å². The van der Waals surface area contributed by atoms with Gasteiger partial charge in [-0.1, -0.05) is 66.7 Å². The summed E-state index contributed by atoms with van der Waals surface area (Å²) in [5, 5.41) is 0. The quantitative estimate of drug-likeness (QED) is 0.175. The fourth-order valence-electron chi connectivity index (χ4n) is 6.09. The van der Waals surface area contributed by atoms with E-state index in [1.54, 1.807) is 27.1 Å². The number of pyridine rings is 1. The van der Waals surface area contributed by atoms with Crippen molar-refractivity contribution in [3.8, 4) is 17.4 Å². The Hall–Kier alpha value is -5.25. The van der Waals surface area contributed by atoms with Crippen LogP contribution in [0.25, 0.3) is 16.7 Å². The summed E-state index contributed by atoms with van der Waals surface area (Å²) in [7, 11) is 3.60. The number of amides is 1. The molecule has 3 aromatic carbocycles. The summed E-state index contributed by atoms with van der Waals surface area (Å²) in [5.41, 5.74) is 4.31. The van der Waals surface area contributed by atoms with Crippen LogP contribution in [0.15, 0.2) is 95.8 Å². The maximum atomic E-state index is 14.0. The van der Waals surface area contributed by atoms with Crippen LogP contribution >= 0.6 is 0 Å². The van der Waals surface area contributed by atoms with Gasteiger partial charge in [-0.15, -0.1) is 0 Å². The molecular weight excluding hydrogens is 606 g/mol. The van der Waals surface area contributed by atoms with Crippen molar-refractivity contribution in [2.45, 2.75) is 58.5 Å². The molecule has 5 aromatic rings.